The third-order valence-corrected chi connectivity index (χ3v) is 3.75. The zero-order valence-electron chi connectivity index (χ0n) is 9.62. The smallest absolute Gasteiger partial charge is 0.0441 e. The highest BCUT2D eigenvalue weighted by molar-refractivity contribution is 7.84. The van der Waals surface area contributed by atoms with Crippen LogP contribution in [0.25, 0.3) is 0 Å². The van der Waals surface area contributed by atoms with Gasteiger partial charge in [0.1, 0.15) is 0 Å². The van der Waals surface area contributed by atoms with Crippen LogP contribution >= 0.6 is 0 Å². The summed E-state index contributed by atoms with van der Waals surface area (Å²) in [6.07, 6.45) is 1.75. The predicted octanol–water partition coefficient (Wildman–Crippen LogP) is 1.85. The first-order chi connectivity index (χ1) is 7.09. The molecule has 2 nitrogen and oxygen atoms in total. The van der Waals surface area contributed by atoms with Crippen molar-refractivity contribution in [3.8, 4) is 0 Å². The number of nitrogens with one attached hydrogen (secondary N) is 1. The molecule has 2 atom stereocenters. The quantitative estimate of drug-likeness (QED) is 0.828. The SMILES string of the molecule is Cc1ccc(CNCC(C)S(C)=O)cc1. The van der Waals surface area contributed by atoms with Crippen molar-refractivity contribution >= 4 is 10.8 Å². The summed E-state index contributed by atoms with van der Waals surface area (Å²) in [6.45, 7) is 5.73. The van der Waals surface area contributed by atoms with Crippen LogP contribution in [0.4, 0.5) is 0 Å². The van der Waals surface area contributed by atoms with Crippen LogP contribution in [0.1, 0.15) is 18.1 Å². The molecule has 0 radical (unpaired) electrons. The largest absolute Gasteiger partial charge is 0.311 e. The average molecular weight is 225 g/mol. The first kappa shape index (κ1) is 12.4. The molecule has 1 aromatic rings. The maximum Gasteiger partial charge on any atom is 0.0441 e. The second kappa shape index (κ2) is 6.03. The Labute approximate surface area is 94.5 Å². The number of aryl methyl sites for hydroxylation is 1. The van der Waals surface area contributed by atoms with E-state index in [2.05, 4.69) is 36.5 Å². The fraction of sp³-hybridized carbons (Fsp3) is 0.500. The molecule has 0 bridgehead atoms. The van der Waals surface area contributed by atoms with E-state index < -0.39 is 10.8 Å². The Balaban J connectivity index is 2.32. The predicted molar refractivity (Wildman–Crippen MR) is 66.4 cm³/mol. The Morgan fingerprint density at radius 1 is 1.33 bits per heavy atom. The zero-order valence-corrected chi connectivity index (χ0v) is 10.4. The summed E-state index contributed by atoms with van der Waals surface area (Å²) in [5.41, 5.74) is 2.55. The third kappa shape index (κ3) is 4.58. The lowest BCUT2D eigenvalue weighted by Gasteiger charge is -2.09. The van der Waals surface area contributed by atoms with Crippen LogP contribution in [-0.2, 0) is 17.3 Å². The van der Waals surface area contributed by atoms with E-state index in [1.54, 1.807) is 6.26 Å². The van der Waals surface area contributed by atoms with E-state index in [4.69, 9.17) is 0 Å². The van der Waals surface area contributed by atoms with Gasteiger partial charge in [-0.2, -0.15) is 0 Å². The molecule has 1 N–H and O–H groups in total. The van der Waals surface area contributed by atoms with E-state index in [9.17, 15) is 4.21 Å². The molecule has 3 heteroatoms. The van der Waals surface area contributed by atoms with Crippen LogP contribution < -0.4 is 5.32 Å². The van der Waals surface area contributed by atoms with Gasteiger partial charge in [-0.15, -0.1) is 0 Å². The van der Waals surface area contributed by atoms with E-state index >= 15 is 0 Å². The summed E-state index contributed by atoms with van der Waals surface area (Å²) in [6, 6.07) is 8.46. The topological polar surface area (TPSA) is 29.1 Å². The standard InChI is InChI=1S/C12H19NOS/c1-10-4-6-12(7-5-10)9-13-8-11(2)15(3)14/h4-7,11,13H,8-9H2,1-3H3. The van der Waals surface area contributed by atoms with Gasteiger partial charge in [0.05, 0.1) is 0 Å². The van der Waals surface area contributed by atoms with Crippen LogP contribution in [0, 0.1) is 6.92 Å². The van der Waals surface area contributed by atoms with Gasteiger partial charge in [0.2, 0.25) is 0 Å². The zero-order chi connectivity index (χ0) is 11.3. The molecular weight excluding hydrogens is 206 g/mol. The van der Waals surface area contributed by atoms with Gasteiger partial charge in [-0.1, -0.05) is 29.8 Å². The maximum atomic E-state index is 11.1. The molecule has 1 rings (SSSR count). The summed E-state index contributed by atoms with van der Waals surface area (Å²) in [7, 11) is -0.734. The van der Waals surface area contributed by atoms with Crippen molar-refractivity contribution < 1.29 is 4.21 Å². The van der Waals surface area contributed by atoms with Gasteiger partial charge in [0, 0.05) is 35.4 Å². The van der Waals surface area contributed by atoms with Crippen molar-refractivity contribution in [1.82, 2.24) is 5.32 Å². The Bertz CT molecular complexity index is 321. The Hall–Kier alpha value is -0.670. The monoisotopic (exact) mass is 225 g/mol. The molecule has 0 fully saturated rings. The Morgan fingerprint density at radius 3 is 2.47 bits per heavy atom. The molecule has 0 aliphatic carbocycles. The summed E-state index contributed by atoms with van der Waals surface area (Å²) >= 11 is 0. The second-order valence-electron chi connectivity index (χ2n) is 3.93. The normalized spacial score (nSPS) is 14.9. The van der Waals surface area contributed by atoms with Crippen LogP contribution in [0.15, 0.2) is 24.3 Å². The van der Waals surface area contributed by atoms with Crippen molar-refractivity contribution in [1.29, 1.82) is 0 Å². The first-order valence-electron chi connectivity index (χ1n) is 5.18. The highest BCUT2D eigenvalue weighted by Crippen LogP contribution is 2.02. The molecule has 0 saturated heterocycles. The van der Waals surface area contributed by atoms with Crippen LogP contribution in [-0.4, -0.2) is 22.3 Å². The van der Waals surface area contributed by atoms with Crippen molar-refractivity contribution in [3.63, 3.8) is 0 Å². The van der Waals surface area contributed by atoms with Gasteiger partial charge >= 0.3 is 0 Å². The first-order valence-corrected chi connectivity index (χ1v) is 6.80. The average Bonchev–Trinajstić information content (AvgIpc) is 2.20. The van der Waals surface area contributed by atoms with Crippen LogP contribution in [0.2, 0.25) is 0 Å². The number of hydrogen-bond donors (Lipinski definition) is 1. The van der Waals surface area contributed by atoms with Crippen molar-refractivity contribution in [2.75, 3.05) is 12.8 Å². The molecule has 0 amide bonds. The molecule has 0 spiro atoms. The number of hydrogen-bond acceptors (Lipinski definition) is 2. The highest BCUT2D eigenvalue weighted by Gasteiger charge is 2.04. The minimum absolute atomic E-state index is 0.218. The lowest BCUT2D eigenvalue weighted by molar-refractivity contribution is 0.647. The summed E-state index contributed by atoms with van der Waals surface area (Å²) < 4.78 is 11.1. The molecular formula is C12H19NOS. The summed E-state index contributed by atoms with van der Waals surface area (Å²) in [5.74, 6) is 0. The van der Waals surface area contributed by atoms with Gasteiger partial charge < -0.3 is 5.32 Å². The Kier molecular flexibility index (Phi) is 4.99. The molecule has 0 saturated carbocycles. The van der Waals surface area contributed by atoms with E-state index in [0.717, 1.165) is 13.1 Å². The minimum atomic E-state index is -0.734. The molecule has 84 valence electrons. The van der Waals surface area contributed by atoms with Gasteiger partial charge in [0.25, 0.3) is 0 Å². The van der Waals surface area contributed by atoms with Crippen molar-refractivity contribution in [3.05, 3.63) is 35.4 Å². The van der Waals surface area contributed by atoms with Gasteiger partial charge in [-0.25, -0.2) is 0 Å². The molecule has 0 heterocycles. The van der Waals surface area contributed by atoms with Gasteiger partial charge in [0.15, 0.2) is 0 Å². The lowest BCUT2D eigenvalue weighted by Crippen LogP contribution is -2.27. The number of benzene rings is 1. The van der Waals surface area contributed by atoms with Crippen molar-refractivity contribution in [2.45, 2.75) is 25.6 Å². The summed E-state index contributed by atoms with van der Waals surface area (Å²) in [5, 5.41) is 3.53. The van der Waals surface area contributed by atoms with Crippen LogP contribution in [0.3, 0.4) is 0 Å². The van der Waals surface area contributed by atoms with E-state index in [1.165, 1.54) is 11.1 Å². The Morgan fingerprint density at radius 2 is 1.93 bits per heavy atom. The highest BCUT2D eigenvalue weighted by atomic mass is 32.2. The molecule has 1 aromatic carbocycles. The molecule has 15 heavy (non-hydrogen) atoms. The van der Waals surface area contributed by atoms with E-state index in [-0.39, 0.29) is 5.25 Å². The second-order valence-corrected chi connectivity index (χ2v) is 5.73. The third-order valence-electron chi connectivity index (χ3n) is 2.45. The maximum absolute atomic E-state index is 11.1. The fourth-order valence-corrected chi connectivity index (χ4v) is 1.60. The van der Waals surface area contributed by atoms with Gasteiger partial charge in [-0.3, -0.25) is 4.21 Å². The molecule has 0 aliphatic rings. The fourth-order valence-electron chi connectivity index (χ4n) is 1.24. The minimum Gasteiger partial charge on any atom is -0.311 e. The number of rotatable bonds is 5. The van der Waals surface area contributed by atoms with Crippen molar-refractivity contribution in [2.24, 2.45) is 0 Å². The lowest BCUT2D eigenvalue weighted by atomic mass is 10.1. The van der Waals surface area contributed by atoms with E-state index in [0.29, 0.717) is 0 Å². The molecule has 0 aliphatic heterocycles. The summed E-state index contributed by atoms with van der Waals surface area (Å²) in [4.78, 5) is 0. The van der Waals surface area contributed by atoms with Crippen LogP contribution in [0.5, 0.6) is 0 Å². The molecule has 0 aromatic heterocycles. The molecule has 2 unspecified atom stereocenters. The van der Waals surface area contributed by atoms with E-state index in [1.807, 2.05) is 6.92 Å². The van der Waals surface area contributed by atoms with Gasteiger partial charge in [-0.05, 0) is 19.4 Å².